The van der Waals surface area contributed by atoms with Gasteiger partial charge in [-0.3, -0.25) is 0 Å². The molecule has 0 aromatic rings. The van der Waals surface area contributed by atoms with E-state index in [1.807, 2.05) is 0 Å². The average molecular weight is 203 g/mol. The number of hydrogen-bond donors (Lipinski definition) is 3. The molecular formula is C11H25NO2. The summed E-state index contributed by atoms with van der Waals surface area (Å²) in [6.45, 7) is 7.78. The molecule has 0 aromatic carbocycles. The van der Waals surface area contributed by atoms with E-state index in [-0.39, 0.29) is 0 Å². The van der Waals surface area contributed by atoms with Crippen LogP contribution in [0, 0.1) is 5.92 Å². The first kappa shape index (κ1) is 13.9. The molecule has 0 aliphatic rings. The fraction of sp³-hybridized carbons (Fsp3) is 1.00. The molecule has 0 amide bonds. The van der Waals surface area contributed by atoms with Crippen LogP contribution in [0.5, 0.6) is 0 Å². The van der Waals surface area contributed by atoms with Gasteiger partial charge >= 0.3 is 0 Å². The maximum absolute atomic E-state index is 9.69. The topological polar surface area (TPSA) is 66.5 Å². The van der Waals surface area contributed by atoms with Crippen molar-refractivity contribution in [3.05, 3.63) is 0 Å². The van der Waals surface area contributed by atoms with Gasteiger partial charge in [-0.05, 0) is 59.4 Å². The second-order valence-electron chi connectivity index (χ2n) is 5.48. The summed E-state index contributed by atoms with van der Waals surface area (Å²) in [7, 11) is 0. The van der Waals surface area contributed by atoms with E-state index in [1.165, 1.54) is 0 Å². The largest absolute Gasteiger partial charge is 0.390 e. The van der Waals surface area contributed by atoms with E-state index in [9.17, 15) is 10.2 Å². The van der Waals surface area contributed by atoms with E-state index in [0.717, 1.165) is 6.42 Å². The van der Waals surface area contributed by atoms with E-state index >= 15 is 0 Å². The third-order valence-corrected chi connectivity index (χ3v) is 2.15. The lowest BCUT2D eigenvalue weighted by Crippen LogP contribution is -2.30. The van der Waals surface area contributed by atoms with Gasteiger partial charge in [0.1, 0.15) is 0 Å². The van der Waals surface area contributed by atoms with Gasteiger partial charge in [0.25, 0.3) is 0 Å². The summed E-state index contributed by atoms with van der Waals surface area (Å²) in [5.74, 6) is 0.292. The fourth-order valence-electron chi connectivity index (χ4n) is 1.92. The lowest BCUT2D eigenvalue weighted by molar-refractivity contribution is 0.0135. The summed E-state index contributed by atoms with van der Waals surface area (Å²) in [6, 6.07) is 0. The Morgan fingerprint density at radius 3 is 1.57 bits per heavy atom. The molecule has 0 rings (SSSR count). The normalized spacial score (nSPS) is 13.7. The van der Waals surface area contributed by atoms with Gasteiger partial charge in [0.2, 0.25) is 0 Å². The Labute approximate surface area is 87.3 Å². The molecule has 3 heteroatoms. The molecule has 4 N–H and O–H groups in total. The summed E-state index contributed by atoms with van der Waals surface area (Å²) in [5, 5.41) is 19.4. The first-order chi connectivity index (χ1) is 6.14. The van der Waals surface area contributed by atoms with Crippen molar-refractivity contribution >= 4 is 0 Å². The van der Waals surface area contributed by atoms with Crippen molar-refractivity contribution in [3.8, 4) is 0 Å². The van der Waals surface area contributed by atoms with Crippen molar-refractivity contribution in [1.29, 1.82) is 0 Å². The van der Waals surface area contributed by atoms with Crippen LogP contribution in [0.3, 0.4) is 0 Å². The van der Waals surface area contributed by atoms with Gasteiger partial charge in [0, 0.05) is 0 Å². The maximum Gasteiger partial charge on any atom is 0.0594 e. The summed E-state index contributed by atoms with van der Waals surface area (Å²) in [5.41, 5.74) is 4.15. The van der Waals surface area contributed by atoms with E-state index in [4.69, 9.17) is 5.73 Å². The smallest absolute Gasteiger partial charge is 0.0594 e. The van der Waals surface area contributed by atoms with Crippen molar-refractivity contribution < 1.29 is 10.2 Å². The van der Waals surface area contributed by atoms with Crippen LogP contribution >= 0.6 is 0 Å². The quantitative estimate of drug-likeness (QED) is 0.609. The molecule has 0 saturated heterocycles. The molecule has 0 fully saturated rings. The summed E-state index contributed by atoms with van der Waals surface area (Å²) >= 11 is 0. The van der Waals surface area contributed by atoms with Gasteiger partial charge in [0.05, 0.1) is 11.2 Å². The molecule has 3 nitrogen and oxygen atoms in total. The Hall–Kier alpha value is -0.120. The zero-order valence-electron chi connectivity index (χ0n) is 9.88. The Morgan fingerprint density at radius 1 is 1.00 bits per heavy atom. The molecule has 0 unspecified atom stereocenters. The summed E-state index contributed by atoms with van der Waals surface area (Å²) in [4.78, 5) is 0. The minimum atomic E-state index is -0.676. The van der Waals surface area contributed by atoms with Gasteiger partial charge < -0.3 is 15.9 Å². The van der Waals surface area contributed by atoms with Crippen LogP contribution in [-0.4, -0.2) is 28.0 Å². The third-order valence-electron chi connectivity index (χ3n) is 2.15. The molecular weight excluding hydrogens is 178 g/mol. The molecule has 0 spiro atoms. The molecule has 0 aromatic heterocycles. The first-order valence-corrected chi connectivity index (χ1v) is 5.29. The van der Waals surface area contributed by atoms with Crippen LogP contribution in [0.2, 0.25) is 0 Å². The molecule has 0 atom stereocenters. The summed E-state index contributed by atoms with van der Waals surface area (Å²) < 4.78 is 0. The minimum absolute atomic E-state index is 0.292. The summed E-state index contributed by atoms with van der Waals surface area (Å²) in [6.07, 6.45) is 2.23. The first-order valence-electron chi connectivity index (χ1n) is 5.29. The van der Waals surface area contributed by atoms with Crippen molar-refractivity contribution in [3.63, 3.8) is 0 Å². The van der Waals surface area contributed by atoms with Crippen LogP contribution in [-0.2, 0) is 0 Å². The number of hydrogen-bond acceptors (Lipinski definition) is 3. The molecule has 14 heavy (non-hydrogen) atoms. The van der Waals surface area contributed by atoms with Crippen LogP contribution in [0.15, 0.2) is 0 Å². The molecule has 86 valence electrons. The van der Waals surface area contributed by atoms with E-state index in [0.29, 0.717) is 25.3 Å². The Kier molecular flexibility index (Phi) is 5.06. The lowest BCUT2D eigenvalue weighted by atomic mass is 9.83. The predicted molar refractivity (Wildman–Crippen MR) is 59.0 cm³/mol. The lowest BCUT2D eigenvalue weighted by Gasteiger charge is -2.29. The highest BCUT2D eigenvalue weighted by atomic mass is 16.3. The fourth-order valence-corrected chi connectivity index (χ4v) is 1.92. The average Bonchev–Trinajstić information content (AvgIpc) is 1.78. The monoisotopic (exact) mass is 203 g/mol. The zero-order valence-corrected chi connectivity index (χ0v) is 9.88. The van der Waals surface area contributed by atoms with Crippen LogP contribution < -0.4 is 5.73 Å². The van der Waals surface area contributed by atoms with E-state index < -0.39 is 11.2 Å². The molecule has 0 radical (unpaired) electrons. The standard InChI is InChI=1S/C11H25NO2/c1-10(2,13)7-9(5-6-12)8-11(3,4)14/h9,13-14H,5-8,12H2,1-4H3. The molecule has 0 saturated carbocycles. The minimum Gasteiger partial charge on any atom is -0.390 e. The Balaban J connectivity index is 4.16. The van der Waals surface area contributed by atoms with Crippen molar-refractivity contribution in [1.82, 2.24) is 0 Å². The highest BCUT2D eigenvalue weighted by molar-refractivity contribution is 4.78. The SMILES string of the molecule is CC(C)(O)CC(CCN)CC(C)(C)O. The van der Waals surface area contributed by atoms with Gasteiger partial charge in [-0.1, -0.05) is 0 Å². The second-order valence-corrected chi connectivity index (χ2v) is 5.48. The van der Waals surface area contributed by atoms with Crippen LogP contribution in [0.25, 0.3) is 0 Å². The third kappa shape index (κ3) is 8.48. The van der Waals surface area contributed by atoms with Crippen molar-refractivity contribution in [2.24, 2.45) is 11.7 Å². The van der Waals surface area contributed by atoms with Crippen molar-refractivity contribution in [2.75, 3.05) is 6.54 Å². The second kappa shape index (κ2) is 5.10. The van der Waals surface area contributed by atoms with Crippen molar-refractivity contribution in [2.45, 2.75) is 58.2 Å². The van der Waals surface area contributed by atoms with Gasteiger partial charge in [-0.15, -0.1) is 0 Å². The van der Waals surface area contributed by atoms with Crippen LogP contribution in [0.1, 0.15) is 47.0 Å². The van der Waals surface area contributed by atoms with Crippen LogP contribution in [0.4, 0.5) is 0 Å². The highest BCUT2D eigenvalue weighted by Crippen LogP contribution is 2.26. The molecule has 0 aliphatic heterocycles. The van der Waals surface area contributed by atoms with Gasteiger partial charge in [-0.25, -0.2) is 0 Å². The van der Waals surface area contributed by atoms with Gasteiger partial charge in [-0.2, -0.15) is 0 Å². The number of nitrogens with two attached hydrogens (primary N) is 1. The molecule has 0 heterocycles. The van der Waals surface area contributed by atoms with E-state index in [2.05, 4.69) is 0 Å². The van der Waals surface area contributed by atoms with E-state index in [1.54, 1.807) is 27.7 Å². The molecule has 0 aliphatic carbocycles. The highest BCUT2D eigenvalue weighted by Gasteiger charge is 2.25. The number of aliphatic hydroxyl groups is 2. The Bertz CT molecular complexity index is 140. The Morgan fingerprint density at radius 2 is 1.36 bits per heavy atom. The zero-order chi connectivity index (χ0) is 11.4. The number of rotatable bonds is 6. The molecule has 0 bridgehead atoms. The maximum atomic E-state index is 9.69. The predicted octanol–water partition coefficient (Wildman–Crippen LogP) is 1.27. The van der Waals surface area contributed by atoms with Gasteiger partial charge in [0.15, 0.2) is 0 Å².